The number of benzene rings is 2. The SMILES string of the molecule is COC(=O)C1=NN(c2ccc(Br)cc2)C2(Nc3ccccc3S2)S1. The standard InChI is InChI=1S/C16H12BrN3O2S2/c1-22-15(21)14-19-20(11-8-6-10(17)7-9-11)16(24-14)18-12-4-2-3-5-13(12)23-16/h2-9,18H,1H3. The Morgan fingerprint density at radius 1 is 1.21 bits per heavy atom. The summed E-state index contributed by atoms with van der Waals surface area (Å²) in [5, 5.41) is 10.2. The van der Waals surface area contributed by atoms with Crippen LogP contribution in [0.25, 0.3) is 0 Å². The van der Waals surface area contributed by atoms with E-state index in [4.69, 9.17) is 4.74 Å². The van der Waals surface area contributed by atoms with E-state index in [1.807, 2.05) is 47.5 Å². The Balaban J connectivity index is 1.76. The highest BCUT2D eigenvalue weighted by molar-refractivity contribution is 9.10. The Hall–Kier alpha value is -1.64. The van der Waals surface area contributed by atoms with Crippen LogP contribution in [0.1, 0.15) is 0 Å². The molecule has 1 atom stereocenters. The first-order valence-corrected chi connectivity index (χ1v) is 9.52. The summed E-state index contributed by atoms with van der Waals surface area (Å²) >= 11 is 6.43. The number of halogens is 1. The van der Waals surface area contributed by atoms with Gasteiger partial charge in [-0.3, -0.25) is 0 Å². The minimum Gasteiger partial charge on any atom is -0.464 e. The van der Waals surface area contributed by atoms with Gasteiger partial charge in [0.2, 0.25) is 9.37 Å². The first kappa shape index (κ1) is 15.9. The monoisotopic (exact) mass is 421 g/mol. The molecule has 0 aliphatic carbocycles. The number of para-hydroxylation sites is 1. The molecule has 4 rings (SSSR count). The van der Waals surface area contributed by atoms with Gasteiger partial charge in [-0.25, -0.2) is 9.80 Å². The maximum Gasteiger partial charge on any atom is 0.365 e. The van der Waals surface area contributed by atoms with Gasteiger partial charge in [0, 0.05) is 9.37 Å². The van der Waals surface area contributed by atoms with Gasteiger partial charge in [0.1, 0.15) is 0 Å². The molecule has 2 aliphatic heterocycles. The fourth-order valence-corrected chi connectivity index (χ4v) is 5.43. The molecule has 1 spiro atoms. The Bertz CT molecular complexity index is 816. The van der Waals surface area contributed by atoms with E-state index in [0.29, 0.717) is 5.04 Å². The maximum atomic E-state index is 12.0. The molecule has 2 aromatic rings. The topological polar surface area (TPSA) is 53.9 Å². The number of hydrogen-bond acceptors (Lipinski definition) is 7. The van der Waals surface area contributed by atoms with Crippen LogP contribution >= 0.6 is 39.5 Å². The lowest BCUT2D eigenvalue weighted by molar-refractivity contribution is -0.132. The number of fused-ring (bicyclic) bond motifs is 1. The molecule has 8 heteroatoms. The normalized spacial score (nSPS) is 21.4. The number of nitrogens with zero attached hydrogens (tertiary/aromatic N) is 2. The van der Waals surface area contributed by atoms with Crippen LogP contribution in [0.15, 0.2) is 63.0 Å². The van der Waals surface area contributed by atoms with Crippen LogP contribution in [0.2, 0.25) is 0 Å². The van der Waals surface area contributed by atoms with Crippen LogP contribution < -0.4 is 10.3 Å². The fourth-order valence-electron chi connectivity index (χ4n) is 2.48. The Morgan fingerprint density at radius 2 is 1.96 bits per heavy atom. The average molecular weight is 422 g/mol. The van der Waals surface area contributed by atoms with E-state index in [1.54, 1.807) is 11.8 Å². The molecule has 0 fully saturated rings. The van der Waals surface area contributed by atoms with Gasteiger partial charge in [-0.05, 0) is 48.2 Å². The highest BCUT2D eigenvalue weighted by Gasteiger charge is 2.51. The summed E-state index contributed by atoms with van der Waals surface area (Å²) in [5.74, 6) is -0.433. The number of ether oxygens (including phenoxy) is 1. The number of carbonyl (C=O) groups excluding carboxylic acids is 1. The van der Waals surface area contributed by atoms with E-state index in [0.717, 1.165) is 20.7 Å². The molecule has 24 heavy (non-hydrogen) atoms. The van der Waals surface area contributed by atoms with Gasteiger partial charge in [-0.15, -0.1) is 0 Å². The third kappa shape index (κ3) is 2.58. The molecular weight excluding hydrogens is 410 g/mol. The molecule has 0 aromatic heterocycles. The molecular formula is C16H12BrN3O2S2. The Labute approximate surface area is 156 Å². The number of hydrogen-bond donors (Lipinski definition) is 1. The van der Waals surface area contributed by atoms with Crippen molar-refractivity contribution in [1.29, 1.82) is 0 Å². The smallest absolute Gasteiger partial charge is 0.365 e. The van der Waals surface area contributed by atoms with E-state index in [1.165, 1.54) is 18.9 Å². The third-order valence-electron chi connectivity index (χ3n) is 3.56. The summed E-state index contributed by atoms with van der Waals surface area (Å²) in [4.78, 5) is 13.1. The summed E-state index contributed by atoms with van der Waals surface area (Å²) in [6.07, 6.45) is 0. The zero-order valence-corrected chi connectivity index (χ0v) is 15.7. The lowest BCUT2D eigenvalue weighted by atomic mass is 10.3. The molecule has 2 aliphatic rings. The second kappa shape index (κ2) is 6.02. The number of methoxy groups -OCH3 is 1. The molecule has 0 saturated carbocycles. The molecule has 0 amide bonds. The van der Waals surface area contributed by atoms with Crippen molar-refractivity contribution < 1.29 is 9.53 Å². The van der Waals surface area contributed by atoms with Crippen molar-refractivity contribution in [2.24, 2.45) is 5.10 Å². The number of nitrogens with one attached hydrogen (secondary N) is 1. The van der Waals surface area contributed by atoms with Crippen molar-refractivity contribution in [3.05, 3.63) is 53.0 Å². The van der Waals surface area contributed by atoms with Gasteiger partial charge in [0.15, 0.2) is 0 Å². The number of hydrazone groups is 1. The van der Waals surface area contributed by atoms with Crippen LogP contribution in [0, 0.1) is 0 Å². The second-order valence-corrected chi connectivity index (χ2v) is 8.68. The van der Waals surface area contributed by atoms with Gasteiger partial charge < -0.3 is 10.1 Å². The maximum absolute atomic E-state index is 12.0. The highest BCUT2D eigenvalue weighted by Crippen LogP contribution is 2.57. The summed E-state index contributed by atoms with van der Waals surface area (Å²) in [6, 6.07) is 15.9. The highest BCUT2D eigenvalue weighted by atomic mass is 79.9. The molecule has 2 aromatic carbocycles. The minimum absolute atomic E-state index is 0.327. The zero-order valence-electron chi connectivity index (χ0n) is 12.5. The predicted octanol–water partition coefficient (Wildman–Crippen LogP) is 4.32. The third-order valence-corrected chi connectivity index (χ3v) is 6.71. The molecule has 1 N–H and O–H groups in total. The molecule has 0 radical (unpaired) electrons. The van der Waals surface area contributed by atoms with E-state index < -0.39 is 10.3 Å². The van der Waals surface area contributed by atoms with E-state index in [-0.39, 0.29) is 0 Å². The average Bonchev–Trinajstić information content (AvgIpc) is 3.15. The Morgan fingerprint density at radius 3 is 2.67 bits per heavy atom. The van der Waals surface area contributed by atoms with Gasteiger partial charge >= 0.3 is 5.97 Å². The number of esters is 1. The van der Waals surface area contributed by atoms with Gasteiger partial charge in [-0.1, -0.05) is 39.8 Å². The van der Waals surface area contributed by atoms with Crippen LogP contribution in [0.5, 0.6) is 0 Å². The number of anilines is 2. The van der Waals surface area contributed by atoms with Gasteiger partial charge in [0.05, 0.1) is 18.5 Å². The van der Waals surface area contributed by atoms with Gasteiger partial charge in [-0.2, -0.15) is 5.10 Å². The first-order valence-electron chi connectivity index (χ1n) is 7.09. The van der Waals surface area contributed by atoms with E-state index >= 15 is 0 Å². The molecule has 1 unspecified atom stereocenters. The number of carbonyl (C=O) groups is 1. The van der Waals surface area contributed by atoms with Crippen LogP contribution in [-0.4, -0.2) is 22.4 Å². The van der Waals surface area contributed by atoms with E-state index in [9.17, 15) is 4.79 Å². The summed E-state index contributed by atoms with van der Waals surface area (Å²) < 4.78 is 5.20. The summed E-state index contributed by atoms with van der Waals surface area (Å²) in [5.41, 5.74) is 1.91. The van der Waals surface area contributed by atoms with Crippen molar-refractivity contribution in [3.8, 4) is 0 Å². The minimum atomic E-state index is -0.638. The lowest BCUT2D eigenvalue weighted by Crippen LogP contribution is -2.41. The number of thioether (sulfide) groups is 2. The fraction of sp³-hybridized carbons (Fsp3) is 0.125. The van der Waals surface area contributed by atoms with Crippen LogP contribution in [0.3, 0.4) is 0 Å². The van der Waals surface area contributed by atoms with Crippen molar-refractivity contribution in [3.63, 3.8) is 0 Å². The molecule has 0 saturated heterocycles. The number of rotatable bonds is 2. The van der Waals surface area contributed by atoms with Crippen LogP contribution in [-0.2, 0) is 9.53 Å². The zero-order chi connectivity index (χ0) is 16.7. The molecule has 0 bridgehead atoms. The van der Waals surface area contributed by atoms with Crippen molar-refractivity contribution in [2.75, 3.05) is 17.4 Å². The first-order chi connectivity index (χ1) is 11.6. The molecule has 122 valence electrons. The lowest BCUT2D eigenvalue weighted by Gasteiger charge is -2.32. The summed E-state index contributed by atoms with van der Waals surface area (Å²) in [7, 11) is 1.37. The molecule has 5 nitrogen and oxygen atoms in total. The van der Waals surface area contributed by atoms with Crippen molar-refractivity contribution in [2.45, 2.75) is 9.22 Å². The Kier molecular flexibility index (Phi) is 3.98. The van der Waals surface area contributed by atoms with E-state index in [2.05, 4.69) is 32.4 Å². The summed E-state index contributed by atoms with van der Waals surface area (Å²) in [6.45, 7) is 0. The van der Waals surface area contributed by atoms with Crippen LogP contribution in [0.4, 0.5) is 11.4 Å². The largest absolute Gasteiger partial charge is 0.464 e. The van der Waals surface area contributed by atoms with Crippen molar-refractivity contribution >= 4 is 61.8 Å². The predicted molar refractivity (Wildman–Crippen MR) is 102 cm³/mol. The molecule has 2 heterocycles. The van der Waals surface area contributed by atoms with Gasteiger partial charge in [0.25, 0.3) is 0 Å². The quantitative estimate of drug-likeness (QED) is 0.728. The second-order valence-electron chi connectivity index (χ2n) is 5.09. The van der Waals surface area contributed by atoms with Crippen molar-refractivity contribution in [1.82, 2.24) is 0 Å².